The Kier molecular flexibility index (Phi) is 22.8. The van der Waals surface area contributed by atoms with Crippen molar-refractivity contribution in [3.63, 3.8) is 0 Å². The second-order valence-corrected chi connectivity index (χ2v) is 3.43. The molecule has 2 nitrogen and oxygen atoms in total. The molecule has 0 saturated heterocycles. The Hall–Kier alpha value is 1.27. The molecule has 0 saturated carbocycles. The van der Waals surface area contributed by atoms with Gasteiger partial charge in [0.2, 0.25) is 0 Å². The molecular weight excluding hydrogens is 332 g/mol. The van der Waals surface area contributed by atoms with Gasteiger partial charge in [0.25, 0.3) is 0 Å². The topological polar surface area (TPSA) is 24.1 Å². The average Bonchev–Trinajstić information content (AvgIpc) is 1.89. The number of rotatable bonds is 0. The quantitative estimate of drug-likeness (QED) is 0.292. The molecule has 2 radical (unpaired) electrons. The van der Waals surface area contributed by atoms with Crippen LogP contribution in [0.5, 0.6) is 0 Å². The SMILES string of the molecule is CNC(=S)S.CNC(=S)S.[Te]. The summed E-state index contributed by atoms with van der Waals surface area (Å²) in [7, 11) is 3.46. The molecule has 0 aliphatic rings. The van der Waals surface area contributed by atoms with Gasteiger partial charge in [0.15, 0.2) is 0 Å². The van der Waals surface area contributed by atoms with E-state index in [1.54, 1.807) is 14.1 Å². The third-order valence-corrected chi connectivity index (χ3v) is 1.28. The molecular formula is C4H10N2S4Te. The molecule has 11 heavy (non-hydrogen) atoms. The van der Waals surface area contributed by atoms with E-state index in [1.165, 1.54) is 0 Å². The van der Waals surface area contributed by atoms with E-state index in [-0.39, 0.29) is 23.7 Å². The molecule has 0 fully saturated rings. The molecule has 0 aliphatic heterocycles. The van der Waals surface area contributed by atoms with Gasteiger partial charge in [0, 0.05) is 37.8 Å². The molecule has 2 N–H and O–H groups in total. The molecule has 0 unspecified atom stereocenters. The predicted molar refractivity (Wildman–Crippen MR) is 67.0 cm³/mol. The van der Waals surface area contributed by atoms with Crippen molar-refractivity contribution < 1.29 is 0 Å². The third kappa shape index (κ3) is 34.9. The van der Waals surface area contributed by atoms with Crippen molar-refractivity contribution in [2.24, 2.45) is 0 Å². The molecule has 0 rings (SSSR count). The standard InChI is InChI=1S/2C2H5NS2.Te/c2*1-3-2(4)5;/h2*1H3,(H2,3,4,5);. The van der Waals surface area contributed by atoms with Crippen molar-refractivity contribution in [1.82, 2.24) is 10.6 Å². The summed E-state index contributed by atoms with van der Waals surface area (Å²) in [5.74, 6) is 0. The Morgan fingerprint density at radius 2 is 1.09 bits per heavy atom. The second kappa shape index (κ2) is 13.8. The number of thiol groups is 2. The van der Waals surface area contributed by atoms with Gasteiger partial charge in [-0.05, 0) is 0 Å². The molecule has 66 valence electrons. The molecule has 0 amide bonds. The van der Waals surface area contributed by atoms with Gasteiger partial charge in [-0.25, -0.2) is 0 Å². The van der Waals surface area contributed by atoms with Gasteiger partial charge in [-0.2, -0.15) is 0 Å². The van der Waals surface area contributed by atoms with Crippen LogP contribution in [0.4, 0.5) is 0 Å². The van der Waals surface area contributed by atoms with E-state index in [2.05, 4.69) is 60.3 Å². The van der Waals surface area contributed by atoms with Crippen LogP contribution in [0.25, 0.3) is 0 Å². The van der Waals surface area contributed by atoms with E-state index in [1.807, 2.05) is 0 Å². The first kappa shape index (κ1) is 18.1. The summed E-state index contributed by atoms with van der Waals surface area (Å²) in [5, 5.41) is 5.25. The normalized spacial score (nSPS) is 6.18. The summed E-state index contributed by atoms with van der Waals surface area (Å²) in [5.41, 5.74) is 0. The van der Waals surface area contributed by atoms with Crippen molar-refractivity contribution in [2.45, 2.75) is 0 Å². The van der Waals surface area contributed by atoms with Crippen LogP contribution < -0.4 is 10.6 Å². The number of hydrogen-bond acceptors (Lipinski definition) is 2. The third-order valence-electron chi connectivity index (χ3n) is 0.428. The van der Waals surface area contributed by atoms with Gasteiger partial charge in [-0.1, -0.05) is 24.4 Å². The van der Waals surface area contributed by atoms with Gasteiger partial charge in [-0.3, -0.25) is 0 Å². The number of hydrogen-bond donors (Lipinski definition) is 4. The second-order valence-electron chi connectivity index (χ2n) is 1.11. The summed E-state index contributed by atoms with van der Waals surface area (Å²) < 4.78 is 1.06. The minimum Gasteiger partial charge on any atom is -0.374 e. The van der Waals surface area contributed by atoms with Gasteiger partial charge in [0.1, 0.15) is 8.64 Å². The maximum absolute atomic E-state index is 4.45. The summed E-state index contributed by atoms with van der Waals surface area (Å²) >= 11 is 16.3. The molecule has 0 aromatic rings. The Morgan fingerprint density at radius 1 is 1.00 bits per heavy atom. The maximum atomic E-state index is 4.45. The van der Waals surface area contributed by atoms with E-state index < -0.39 is 0 Å². The fourth-order valence-electron chi connectivity index (χ4n) is 0. The molecule has 0 aromatic heterocycles. The van der Waals surface area contributed by atoms with Gasteiger partial charge in [0.05, 0.1) is 0 Å². The predicted octanol–water partition coefficient (Wildman–Crippen LogP) is 0.460. The summed E-state index contributed by atoms with van der Waals surface area (Å²) in [6.45, 7) is 0. The Morgan fingerprint density at radius 3 is 1.09 bits per heavy atom. The van der Waals surface area contributed by atoms with Crippen LogP contribution in [0, 0.1) is 0 Å². The molecule has 7 heteroatoms. The monoisotopic (exact) mass is 344 g/mol. The summed E-state index contributed by atoms with van der Waals surface area (Å²) in [6, 6.07) is 0. The van der Waals surface area contributed by atoms with E-state index >= 15 is 0 Å². The van der Waals surface area contributed by atoms with Crippen LogP contribution in [0.1, 0.15) is 0 Å². The first-order valence-corrected chi connectivity index (χ1v) is 4.07. The minimum absolute atomic E-state index is 0. The van der Waals surface area contributed by atoms with E-state index in [4.69, 9.17) is 0 Å². The zero-order chi connectivity index (χ0) is 8.57. The molecule has 0 aromatic carbocycles. The van der Waals surface area contributed by atoms with Crippen LogP contribution >= 0.6 is 49.7 Å². The number of thiocarbonyl (C=S) groups is 2. The van der Waals surface area contributed by atoms with Crippen molar-refractivity contribution >= 4 is 82.0 Å². The minimum atomic E-state index is 0. The van der Waals surface area contributed by atoms with E-state index in [9.17, 15) is 0 Å². The zero-order valence-electron chi connectivity index (χ0n) is 6.12. The van der Waals surface area contributed by atoms with Gasteiger partial charge >= 0.3 is 0 Å². The first-order valence-electron chi connectivity index (χ1n) is 2.36. The Labute approximate surface area is 106 Å². The van der Waals surface area contributed by atoms with Crippen molar-refractivity contribution in [1.29, 1.82) is 0 Å². The van der Waals surface area contributed by atoms with Gasteiger partial charge in [-0.15, -0.1) is 25.3 Å². The van der Waals surface area contributed by atoms with Crippen LogP contribution in [0.15, 0.2) is 0 Å². The molecule has 0 heterocycles. The van der Waals surface area contributed by atoms with Crippen LogP contribution in [0.3, 0.4) is 0 Å². The van der Waals surface area contributed by atoms with E-state index in [0.717, 1.165) is 0 Å². The average molecular weight is 342 g/mol. The first-order chi connectivity index (χ1) is 4.54. The molecule has 0 atom stereocenters. The van der Waals surface area contributed by atoms with Crippen LogP contribution in [0.2, 0.25) is 0 Å². The Balaban J connectivity index is -0.000000107. The summed E-state index contributed by atoms with van der Waals surface area (Å²) in [4.78, 5) is 0. The number of nitrogens with one attached hydrogen (secondary N) is 2. The van der Waals surface area contributed by atoms with Crippen molar-refractivity contribution in [2.75, 3.05) is 14.1 Å². The Bertz CT molecular complexity index is 105. The molecule has 0 bridgehead atoms. The van der Waals surface area contributed by atoms with Crippen molar-refractivity contribution in [3.8, 4) is 0 Å². The smallest absolute Gasteiger partial charge is 0.130 e. The molecule has 0 aliphatic carbocycles. The fraction of sp³-hybridized carbons (Fsp3) is 0.500. The largest absolute Gasteiger partial charge is 0.374 e. The van der Waals surface area contributed by atoms with E-state index in [0.29, 0.717) is 8.64 Å². The van der Waals surface area contributed by atoms with Crippen LogP contribution in [-0.2, 0) is 0 Å². The summed E-state index contributed by atoms with van der Waals surface area (Å²) in [6.07, 6.45) is 0. The van der Waals surface area contributed by atoms with Crippen molar-refractivity contribution in [3.05, 3.63) is 0 Å². The van der Waals surface area contributed by atoms with Crippen LogP contribution in [-0.4, -0.2) is 46.4 Å². The maximum Gasteiger partial charge on any atom is 0.130 e. The zero-order valence-corrected chi connectivity index (χ0v) is 11.9. The molecule has 0 spiro atoms. The van der Waals surface area contributed by atoms with Gasteiger partial charge < -0.3 is 10.6 Å². The fourth-order valence-corrected chi connectivity index (χ4v) is 0.